The van der Waals surface area contributed by atoms with E-state index in [0.29, 0.717) is 23.5 Å². The van der Waals surface area contributed by atoms with Crippen LogP contribution in [0.15, 0.2) is 12.1 Å². The zero-order chi connectivity index (χ0) is 25.1. The average Bonchev–Trinajstić information content (AvgIpc) is 2.67. The molecule has 33 heavy (non-hydrogen) atoms. The molecule has 1 spiro atoms. The van der Waals surface area contributed by atoms with E-state index >= 15 is 0 Å². The van der Waals surface area contributed by atoms with Crippen LogP contribution in [0.1, 0.15) is 102 Å². The lowest BCUT2D eigenvalue weighted by atomic mass is 9.60. The fraction of sp³-hybridized carbons (Fsp3) is 0.750. The van der Waals surface area contributed by atoms with Gasteiger partial charge in [-0.15, -0.1) is 0 Å². The molecule has 3 atom stereocenters. The third kappa shape index (κ3) is 4.98. The van der Waals surface area contributed by atoms with E-state index < -0.39 is 16.6 Å². The smallest absolute Gasteiger partial charge is 0.174 e. The van der Waals surface area contributed by atoms with Gasteiger partial charge in [0, 0.05) is 5.92 Å². The average molecular weight is 489 g/mol. The molecule has 5 heteroatoms. The van der Waals surface area contributed by atoms with Gasteiger partial charge in [-0.05, 0) is 85.2 Å². The SMILES string of the molecule is CC(C)c1cc(C(C)C)c([C@@H](C)O[C@@H]2[C@H](C)C(=O)C23C[Si](C)(C)O[Si](C)(C)C3)c(C(C)C)c1. The lowest BCUT2D eigenvalue weighted by Crippen LogP contribution is -2.70. The molecule has 0 unspecified atom stereocenters. The molecular weight excluding hydrogens is 440 g/mol. The molecule has 1 aliphatic carbocycles. The van der Waals surface area contributed by atoms with Gasteiger partial charge in [0.25, 0.3) is 0 Å². The van der Waals surface area contributed by atoms with Crippen molar-refractivity contribution in [3.63, 3.8) is 0 Å². The van der Waals surface area contributed by atoms with Gasteiger partial charge in [-0.25, -0.2) is 0 Å². The van der Waals surface area contributed by atoms with Crippen LogP contribution in [-0.2, 0) is 13.6 Å². The van der Waals surface area contributed by atoms with Crippen molar-refractivity contribution >= 4 is 22.4 Å². The number of rotatable bonds is 6. The summed E-state index contributed by atoms with van der Waals surface area (Å²) < 4.78 is 13.6. The molecule has 0 bridgehead atoms. The number of ether oxygens (including phenoxy) is 1. The van der Waals surface area contributed by atoms with Gasteiger partial charge < -0.3 is 8.85 Å². The highest BCUT2D eigenvalue weighted by molar-refractivity contribution is 6.86. The minimum absolute atomic E-state index is 0.00718. The van der Waals surface area contributed by atoms with E-state index in [4.69, 9.17) is 8.85 Å². The zero-order valence-corrected chi connectivity index (χ0v) is 25.3. The first-order valence-corrected chi connectivity index (χ1v) is 19.3. The van der Waals surface area contributed by atoms with Crippen LogP contribution >= 0.6 is 0 Å². The molecule has 2 fully saturated rings. The molecule has 1 aromatic rings. The lowest BCUT2D eigenvalue weighted by molar-refractivity contribution is -0.182. The third-order valence-corrected chi connectivity index (χ3v) is 15.3. The Morgan fingerprint density at radius 1 is 0.879 bits per heavy atom. The fourth-order valence-electron chi connectivity index (χ4n) is 6.91. The maximum absolute atomic E-state index is 13.4. The molecule has 3 nitrogen and oxygen atoms in total. The predicted octanol–water partition coefficient (Wildman–Crippen LogP) is 8.15. The molecule has 0 amide bonds. The van der Waals surface area contributed by atoms with Crippen molar-refractivity contribution in [3.05, 3.63) is 34.4 Å². The highest BCUT2D eigenvalue weighted by Crippen LogP contribution is 2.58. The van der Waals surface area contributed by atoms with Gasteiger partial charge in [-0.3, -0.25) is 4.79 Å². The van der Waals surface area contributed by atoms with Crippen LogP contribution in [0.4, 0.5) is 0 Å². The van der Waals surface area contributed by atoms with E-state index in [1.54, 1.807) is 0 Å². The summed E-state index contributed by atoms with van der Waals surface area (Å²) in [5.41, 5.74) is 5.24. The van der Waals surface area contributed by atoms with Crippen LogP contribution in [0, 0.1) is 11.3 Å². The first-order valence-electron chi connectivity index (χ1n) is 13.1. The molecule has 1 aliphatic heterocycles. The second-order valence-corrected chi connectivity index (χ2v) is 21.6. The van der Waals surface area contributed by atoms with Crippen LogP contribution in [-0.4, -0.2) is 28.5 Å². The second-order valence-electron chi connectivity index (χ2n) is 13.1. The number of Topliss-reactive ketones (excluding diaryl/α,β-unsaturated/α-hetero) is 1. The van der Waals surface area contributed by atoms with Crippen LogP contribution in [0.25, 0.3) is 0 Å². The molecule has 0 radical (unpaired) electrons. The third-order valence-electron chi connectivity index (χ3n) is 7.87. The molecular formula is C28H48O3Si2. The summed E-state index contributed by atoms with van der Waals surface area (Å²) >= 11 is 0. The van der Waals surface area contributed by atoms with E-state index in [1.807, 2.05) is 0 Å². The Hall–Kier alpha value is -0.756. The topological polar surface area (TPSA) is 35.5 Å². The predicted molar refractivity (Wildman–Crippen MR) is 144 cm³/mol. The van der Waals surface area contributed by atoms with Gasteiger partial charge in [-0.1, -0.05) is 60.6 Å². The van der Waals surface area contributed by atoms with Crippen molar-refractivity contribution in [2.45, 2.75) is 124 Å². The Morgan fingerprint density at radius 3 is 1.73 bits per heavy atom. The summed E-state index contributed by atoms with van der Waals surface area (Å²) in [6, 6.07) is 6.61. The number of carbonyl (C=O) groups is 1. The Balaban J connectivity index is 2.03. The highest BCUT2D eigenvalue weighted by Gasteiger charge is 2.67. The first-order chi connectivity index (χ1) is 15.0. The second kappa shape index (κ2) is 9.03. The lowest BCUT2D eigenvalue weighted by Gasteiger charge is -2.60. The van der Waals surface area contributed by atoms with E-state index in [-0.39, 0.29) is 23.5 Å². The van der Waals surface area contributed by atoms with Crippen LogP contribution in [0.3, 0.4) is 0 Å². The van der Waals surface area contributed by atoms with Crippen molar-refractivity contribution in [3.8, 4) is 0 Å². The number of hydrogen-bond acceptors (Lipinski definition) is 3. The number of carbonyl (C=O) groups excluding carboxylic acids is 1. The normalized spacial score (nSPS) is 26.8. The Morgan fingerprint density at radius 2 is 1.33 bits per heavy atom. The van der Waals surface area contributed by atoms with Crippen molar-refractivity contribution in [1.29, 1.82) is 0 Å². The molecule has 1 aromatic carbocycles. The fourth-order valence-corrected chi connectivity index (χ4v) is 17.8. The van der Waals surface area contributed by atoms with Gasteiger partial charge in [0.2, 0.25) is 0 Å². The van der Waals surface area contributed by atoms with Gasteiger partial charge in [0.15, 0.2) is 16.6 Å². The van der Waals surface area contributed by atoms with Crippen LogP contribution in [0.5, 0.6) is 0 Å². The summed E-state index contributed by atoms with van der Waals surface area (Å²) in [4.78, 5) is 13.4. The standard InChI is InChI=1S/C28H48O3Si2/c1-17(2)22-13-23(18(3)4)25(24(14-22)19(5)6)21(8)30-27-20(7)26(29)28(27)15-32(9,10)31-33(11,12)16-28/h13-14,17-21,27H,15-16H2,1-12H3/t20-,21-,27-/m1/s1. The molecule has 3 rings (SSSR count). The minimum atomic E-state index is -1.89. The molecule has 1 heterocycles. The molecule has 186 valence electrons. The van der Waals surface area contributed by atoms with E-state index in [0.717, 1.165) is 12.1 Å². The summed E-state index contributed by atoms with van der Waals surface area (Å²) in [6.45, 7) is 27.2. The van der Waals surface area contributed by atoms with Crippen LogP contribution in [0.2, 0.25) is 38.3 Å². The zero-order valence-electron chi connectivity index (χ0n) is 23.3. The minimum Gasteiger partial charge on any atom is -0.455 e. The number of ketones is 1. The quantitative estimate of drug-likeness (QED) is 0.379. The maximum atomic E-state index is 13.4. The Kier molecular flexibility index (Phi) is 7.35. The molecule has 1 saturated heterocycles. The number of benzene rings is 1. The van der Waals surface area contributed by atoms with E-state index in [2.05, 4.69) is 93.7 Å². The van der Waals surface area contributed by atoms with E-state index in [9.17, 15) is 4.79 Å². The van der Waals surface area contributed by atoms with Crippen molar-refractivity contribution in [1.82, 2.24) is 0 Å². The van der Waals surface area contributed by atoms with Gasteiger partial charge in [-0.2, -0.15) is 0 Å². The largest absolute Gasteiger partial charge is 0.455 e. The molecule has 2 aliphatic rings. The van der Waals surface area contributed by atoms with Crippen molar-refractivity contribution in [2.24, 2.45) is 11.3 Å². The molecule has 0 N–H and O–H groups in total. The van der Waals surface area contributed by atoms with Crippen molar-refractivity contribution < 1.29 is 13.6 Å². The van der Waals surface area contributed by atoms with Crippen molar-refractivity contribution in [2.75, 3.05) is 0 Å². The van der Waals surface area contributed by atoms with Gasteiger partial charge in [0.1, 0.15) is 5.78 Å². The summed E-state index contributed by atoms with van der Waals surface area (Å²) in [7, 11) is -3.78. The Bertz CT molecular complexity index is 855. The Labute approximate surface area is 205 Å². The maximum Gasteiger partial charge on any atom is 0.174 e. The molecule has 0 aromatic heterocycles. The highest BCUT2D eigenvalue weighted by atomic mass is 28.4. The number of hydrogen-bond donors (Lipinski definition) is 0. The van der Waals surface area contributed by atoms with E-state index in [1.165, 1.54) is 22.3 Å². The van der Waals surface area contributed by atoms with Gasteiger partial charge in [0.05, 0.1) is 17.6 Å². The van der Waals surface area contributed by atoms with Crippen LogP contribution < -0.4 is 0 Å². The monoisotopic (exact) mass is 488 g/mol. The molecule has 1 saturated carbocycles. The first kappa shape index (κ1) is 26.8. The summed E-state index contributed by atoms with van der Waals surface area (Å²) in [5.74, 6) is 1.75. The summed E-state index contributed by atoms with van der Waals surface area (Å²) in [5, 5.41) is 0. The van der Waals surface area contributed by atoms with Gasteiger partial charge >= 0.3 is 0 Å². The summed E-state index contributed by atoms with van der Waals surface area (Å²) in [6.07, 6.45) is -0.0388.